The fraction of sp³-hybridized carbons (Fsp3) is 0.111. The minimum absolute atomic E-state index is 0. The van der Waals surface area contributed by atoms with Crippen LogP contribution in [0.4, 0.5) is 19.0 Å². The third-order valence-electron chi connectivity index (χ3n) is 3.96. The Hall–Kier alpha value is -3.69. The molecular formula is C18H17F3N6O. The van der Waals surface area contributed by atoms with Gasteiger partial charge in [-0.05, 0) is 6.07 Å². The Morgan fingerprint density at radius 3 is 2.61 bits per heavy atom. The second kappa shape index (κ2) is 6.80. The molecule has 0 spiro atoms. The van der Waals surface area contributed by atoms with E-state index in [1.165, 1.54) is 34.8 Å². The lowest BCUT2D eigenvalue weighted by atomic mass is 10.1. The Bertz CT molecular complexity index is 1120. The molecule has 3 heterocycles. The molecule has 2 N–H and O–H groups in total. The van der Waals surface area contributed by atoms with Crippen molar-refractivity contribution in [3.8, 4) is 17.1 Å². The van der Waals surface area contributed by atoms with Gasteiger partial charge < -0.3 is 10.5 Å². The molecule has 0 unspecified atom stereocenters. The van der Waals surface area contributed by atoms with E-state index in [1.54, 1.807) is 24.5 Å². The molecule has 4 rings (SSSR count). The van der Waals surface area contributed by atoms with E-state index < -0.39 is 12.3 Å². The van der Waals surface area contributed by atoms with E-state index in [-0.39, 0.29) is 25.8 Å². The molecule has 0 fully saturated rings. The molecule has 1 aromatic carbocycles. The number of ether oxygens (including phenoxy) is 1. The quantitative estimate of drug-likeness (QED) is 0.567. The van der Waals surface area contributed by atoms with E-state index in [0.29, 0.717) is 11.2 Å². The van der Waals surface area contributed by atoms with E-state index in [2.05, 4.69) is 20.1 Å². The number of anilines is 1. The maximum Gasteiger partial charge on any atom is 0.429 e. The fourth-order valence-electron chi connectivity index (χ4n) is 2.76. The smallest absolute Gasteiger partial charge is 0.429 e. The summed E-state index contributed by atoms with van der Waals surface area (Å²) in [7, 11) is 0. The normalized spacial score (nSPS) is 12.8. The highest BCUT2D eigenvalue weighted by Gasteiger charge is 2.43. The van der Waals surface area contributed by atoms with Gasteiger partial charge in [0.1, 0.15) is 6.33 Å². The number of benzene rings is 1. The van der Waals surface area contributed by atoms with E-state index in [4.69, 9.17) is 10.5 Å². The first-order valence-corrected chi connectivity index (χ1v) is 8.13. The number of nitrogens with zero attached hydrogens (tertiary/aromatic N) is 5. The minimum Gasteiger partial charge on any atom is -0.460 e. The van der Waals surface area contributed by atoms with E-state index in [9.17, 15) is 13.2 Å². The summed E-state index contributed by atoms with van der Waals surface area (Å²) in [5.41, 5.74) is 6.97. The summed E-state index contributed by atoms with van der Waals surface area (Å²) in [6.07, 6.45) is -2.49. The van der Waals surface area contributed by atoms with Gasteiger partial charge in [0.2, 0.25) is 12.0 Å². The standard InChI is InChI=1S/C18H13F3N6O.2H2/c19-18(20,21)15(11-5-2-1-3-6-11)28-13-9-12(24-10-25-13)14-16(22)26-27-8-4-7-23-17(14)27;;/h1-10,15H,(H2,22,26);2*1H/t15-;;/m0../s1. The van der Waals surface area contributed by atoms with Crippen LogP contribution in [0.1, 0.15) is 14.5 Å². The number of alkyl halides is 3. The van der Waals surface area contributed by atoms with Crippen LogP contribution in [0.25, 0.3) is 16.9 Å². The Kier molecular flexibility index (Phi) is 4.30. The van der Waals surface area contributed by atoms with E-state index in [0.717, 1.165) is 6.33 Å². The van der Waals surface area contributed by atoms with Gasteiger partial charge in [0, 0.05) is 26.9 Å². The van der Waals surface area contributed by atoms with Gasteiger partial charge in [0.05, 0.1) is 11.3 Å². The zero-order chi connectivity index (χ0) is 19.7. The highest BCUT2D eigenvalue weighted by Crippen LogP contribution is 2.37. The molecule has 1 atom stereocenters. The van der Waals surface area contributed by atoms with Crippen molar-refractivity contribution in [2.24, 2.45) is 0 Å². The zero-order valence-electron chi connectivity index (χ0n) is 14.2. The molecule has 0 amide bonds. The Morgan fingerprint density at radius 2 is 1.86 bits per heavy atom. The van der Waals surface area contributed by atoms with Gasteiger partial charge in [-0.1, -0.05) is 30.3 Å². The number of aromatic nitrogens is 5. The summed E-state index contributed by atoms with van der Waals surface area (Å²) >= 11 is 0. The zero-order valence-corrected chi connectivity index (χ0v) is 14.2. The number of hydrogen-bond acceptors (Lipinski definition) is 6. The molecule has 7 nitrogen and oxygen atoms in total. The average molecular weight is 390 g/mol. The van der Waals surface area contributed by atoms with Crippen molar-refractivity contribution in [3.63, 3.8) is 0 Å². The molecule has 0 saturated heterocycles. The van der Waals surface area contributed by atoms with Gasteiger partial charge in [-0.25, -0.2) is 19.5 Å². The first kappa shape index (κ1) is 17.7. The van der Waals surface area contributed by atoms with E-state index >= 15 is 0 Å². The van der Waals surface area contributed by atoms with E-state index in [1.807, 2.05) is 0 Å². The third kappa shape index (κ3) is 3.31. The molecule has 28 heavy (non-hydrogen) atoms. The molecule has 146 valence electrons. The van der Waals surface area contributed by atoms with Crippen molar-refractivity contribution in [1.29, 1.82) is 0 Å². The summed E-state index contributed by atoms with van der Waals surface area (Å²) in [6.45, 7) is 0. The number of hydrogen-bond donors (Lipinski definition) is 1. The second-order valence-corrected chi connectivity index (χ2v) is 5.84. The summed E-state index contributed by atoms with van der Waals surface area (Å²) in [6, 6.07) is 10.3. The lowest BCUT2D eigenvalue weighted by Gasteiger charge is -2.21. The summed E-state index contributed by atoms with van der Waals surface area (Å²) in [5.74, 6) is -0.107. The van der Waals surface area contributed by atoms with Crippen LogP contribution in [0.5, 0.6) is 5.88 Å². The van der Waals surface area contributed by atoms with Crippen LogP contribution < -0.4 is 10.5 Å². The molecule has 0 aliphatic carbocycles. The first-order chi connectivity index (χ1) is 13.4. The lowest BCUT2D eigenvalue weighted by Crippen LogP contribution is -2.26. The Balaban J connectivity index is 0.00000160. The summed E-state index contributed by atoms with van der Waals surface area (Å²) in [4.78, 5) is 12.1. The van der Waals surface area contributed by atoms with Crippen molar-refractivity contribution < 1.29 is 20.8 Å². The molecular weight excluding hydrogens is 373 g/mol. The van der Waals surface area contributed by atoms with Crippen LogP contribution in [0.2, 0.25) is 0 Å². The minimum atomic E-state index is -4.63. The monoisotopic (exact) mass is 390 g/mol. The maximum absolute atomic E-state index is 13.5. The van der Waals surface area contributed by atoms with Crippen molar-refractivity contribution in [1.82, 2.24) is 24.6 Å². The summed E-state index contributed by atoms with van der Waals surface area (Å²) < 4.78 is 47.2. The predicted molar refractivity (Wildman–Crippen MR) is 98.5 cm³/mol. The maximum atomic E-state index is 13.5. The van der Waals surface area contributed by atoms with Crippen LogP contribution in [0.3, 0.4) is 0 Å². The predicted octanol–water partition coefficient (Wildman–Crippen LogP) is 3.94. The number of rotatable bonds is 4. The Labute approximate surface area is 159 Å². The lowest BCUT2D eigenvalue weighted by molar-refractivity contribution is -0.198. The van der Waals surface area contributed by atoms with Crippen LogP contribution in [-0.4, -0.2) is 30.7 Å². The van der Waals surface area contributed by atoms with Crippen molar-refractivity contribution in [2.45, 2.75) is 12.3 Å². The van der Waals surface area contributed by atoms with Gasteiger partial charge in [-0.3, -0.25) is 0 Å². The van der Waals surface area contributed by atoms with Crippen molar-refractivity contribution >= 4 is 11.5 Å². The van der Waals surface area contributed by atoms with Gasteiger partial charge in [-0.2, -0.15) is 13.2 Å². The highest BCUT2D eigenvalue weighted by atomic mass is 19.4. The molecule has 0 aliphatic rings. The number of nitrogen functional groups attached to an aromatic ring is 1. The third-order valence-corrected chi connectivity index (χ3v) is 3.96. The molecule has 0 bridgehead atoms. The van der Waals surface area contributed by atoms with Gasteiger partial charge >= 0.3 is 6.18 Å². The van der Waals surface area contributed by atoms with Crippen LogP contribution in [0.15, 0.2) is 61.2 Å². The number of fused-ring (bicyclic) bond motifs is 1. The molecule has 3 aromatic heterocycles. The van der Waals surface area contributed by atoms with Crippen LogP contribution in [0, 0.1) is 0 Å². The first-order valence-electron chi connectivity index (χ1n) is 8.13. The molecule has 4 aromatic rings. The SMILES string of the molecule is Nc1nn2cccnc2c1-c1cc(O[C@@H](c2ccccc2)C(F)(F)F)ncn1.[HH].[HH]. The largest absolute Gasteiger partial charge is 0.460 e. The number of halogens is 3. The molecule has 0 aliphatic heterocycles. The van der Waals surface area contributed by atoms with Crippen LogP contribution in [-0.2, 0) is 0 Å². The molecule has 10 heteroatoms. The average Bonchev–Trinajstić information content (AvgIpc) is 3.02. The van der Waals surface area contributed by atoms with Crippen molar-refractivity contribution in [3.05, 3.63) is 66.7 Å². The van der Waals surface area contributed by atoms with Gasteiger partial charge in [-0.15, -0.1) is 5.10 Å². The Morgan fingerprint density at radius 1 is 1.07 bits per heavy atom. The molecule has 0 saturated carbocycles. The van der Waals surface area contributed by atoms with Crippen LogP contribution >= 0.6 is 0 Å². The van der Waals surface area contributed by atoms with Gasteiger partial charge in [0.15, 0.2) is 11.5 Å². The summed E-state index contributed by atoms with van der Waals surface area (Å²) in [5, 5.41) is 4.12. The van der Waals surface area contributed by atoms with Gasteiger partial charge in [0.25, 0.3) is 0 Å². The molecule has 0 radical (unpaired) electrons. The fourth-order valence-corrected chi connectivity index (χ4v) is 2.76. The van der Waals surface area contributed by atoms with Crippen molar-refractivity contribution in [2.75, 3.05) is 5.73 Å². The second-order valence-electron chi connectivity index (χ2n) is 5.84. The topological polar surface area (TPSA) is 91.2 Å². The highest BCUT2D eigenvalue weighted by molar-refractivity contribution is 5.84. The number of nitrogens with two attached hydrogens (primary N) is 1.